The van der Waals surface area contributed by atoms with Gasteiger partial charge in [-0.3, -0.25) is 9.59 Å². The van der Waals surface area contributed by atoms with Gasteiger partial charge in [0, 0.05) is 45.3 Å². The lowest BCUT2D eigenvalue weighted by Gasteiger charge is -2.32. The highest BCUT2D eigenvalue weighted by molar-refractivity contribution is 5.93. The molecular weight excluding hydrogens is 327 g/mol. The van der Waals surface area contributed by atoms with Crippen LogP contribution >= 0.6 is 0 Å². The van der Waals surface area contributed by atoms with Gasteiger partial charge in [-0.25, -0.2) is 14.4 Å². The first-order valence-corrected chi connectivity index (χ1v) is 8.42. The van der Waals surface area contributed by atoms with Crippen molar-refractivity contribution in [3.63, 3.8) is 0 Å². The Morgan fingerprint density at radius 3 is 2.60 bits per heavy atom. The van der Waals surface area contributed by atoms with Crippen molar-refractivity contribution in [1.29, 1.82) is 0 Å². The number of carbonyl (C=O) groups is 2. The summed E-state index contributed by atoms with van der Waals surface area (Å²) in [5, 5.41) is 0. The van der Waals surface area contributed by atoms with E-state index in [9.17, 15) is 14.0 Å². The molecule has 0 N–H and O–H groups in total. The normalized spacial score (nSPS) is 21.1. The third kappa shape index (κ3) is 3.71. The second-order valence-corrected chi connectivity index (χ2v) is 6.65. The van der Waals surface area contributed by atoms with E-state index in [0.717, 1.165) is 19.0 Å². The molecule has 9 heteroatoms. The van der Waals surface area contributed by atoms with Crippen LogP contribution in [-0.2, 0) is 4.79 Å². The van der Waals surface area contributed by atoms with E-state index >= 15 is 0 Å². The number of hydrogen-bond acceptors (Lipinski definition) is 6. The molecule has 1 aromatic rings. The first-order chi connectivity index (χ1) is 12.0. The van der Waals surface area contributed by atoms with Crippen molar-refractivity contribution in [1.82, 2.24) is 24.7 Å². The van der Waals surface area contributed by atoms with Gasteiger partial charge in [-0.2, -0.15) is 0 Å². The summed E-state index contributed by atoms with van der Waals surface area (Å²) < 4.78 is 14.2. The lowest BCUT2D eigenvalue weighted by molar-refractivity contribution is -0.118. The summed E-state index contributed by atoms with van der Waals surface area (Å²) in [6, 6.07) is 0.282. The number of hydrogen-bond donors (Lipinski definition) is 0. The SMILES string of the molecule is CN(C)[C@H]1CCN(C(=O)c2nc(N3CCN(C=O)CC3)ncc2F)C1. The molecule has 25 heavy (non-hydrogen) atoms. The van der Waals surface area contributed by atoms with Crippen molar-refractivity contribution in [3.8, 4) is 0 Å². The van der Waals surface area contributed by atoms with Gasteiger partial charge in [0.25, 0.3) is 5.91 Å². The fourth-order valence-electron chi connectivity index (χ4n) is 3.19. The van der Waals surface area contributed by atoms with Gasteiger partial charge in [0.15, 0.2) is 11.5 Å². The van der Waals surface area contributed by atoms with Crippen molar-refractivity contribution < 1.29 is 14.0 Å². The number of likely N-dealkylation sites (N-methyl/N-ethyl adjacent to an activating group) is 1. The number of halogens is 1. The molecule has 8 nitrogen and oxygen atoms in total. The van der Waals surface area contributed by atoms with E-state index in [0.29, 0.717) is 45.2 Å². The summed E-state index contributed by atoms with van der Waals surface area (Å²) in [5.41, 5.74) is -0.178. The topological polar surface area (TPSA) is 72.9 Å². The fourth-order valence-corrected chi connectivity index (χ4v) is 3.19. The van der Waals surface area contributed by atoms with Crippen LogP contribution in [0.4, 0.5) is 10.3 Å². The van der Waals surface area contributed by atoms with Crippen LogP contribution in [0.1, 0.15) is 16.9 Å². The van der Waals surface area contributed by atoms with Gasteiger partial charge in [0.05, 0.1) is 6.20 Å². The zero-order valence-electron chi connectivity index (χ0n) is 14.6. The number of amides is 2. The van der Waals surface area contributed by atoms with Crippen molar-refractivity contribution in [2.45, 2.75) is 12.5 Å². The van der Waals surface area contributed by atoms with Crippen LogP contribution in [0.15, 0.2) is 6.20 Å². The molecule has 0 aromatic carbocycles. The maximum absolute atomic E-state index is 14.2. The van der Waals surface area contributed by atoms with Gasteiger partial charge >= 0.3 is 0 Å². The van der Waals surface area contributed by atoms with Gasteiger partial charge in [0.1, 0.15) is 0 Å². The molecule has 2 amide bonds. The molecule has 0 aliphatic carbocycles. The molecule has 0 bridgehead atoms. The fraction of sp³-hybridized carbons (Fsp3) is 0.625. The molecule has 3 rings (SSSR count). The summed E-state index contributed by atoms with van der Waals surface area (Å²) in [6.07, 6.45) is 2.74. The van der Waals surface area contributed by atoms with Crippen molar-refractivity contribution in [2.75, 3.05) is 58.3 Å². The van der Waals surface area contributed by atoms with E-state index in [-0.39, 0.29) is 11.7 Å². The minimum absolute atomic E-state index is 0.178. The number of likely N-dealkylation sites (tertiary alicyclic amines) is 1. The standard InChI is InChI=1S/C16H23FN6O2/c1-20(2)12-3-4-23(10-12)15(25)14-13(17)9-18-16(19-14)22-7-5-21(11-24)6-8-22/h9,11-12H,3-8,10H2,1-2H3/t12-/m0/s1. The molecule has 3 heterocycles. The van der Waals surface area contributed by atoms with Crippen molar-refractivity contribution in [2.24, 2.45) is 0 Å². The van der Waals surface area contributed by atoms with Crippen molar-refractivity contribution in [3.05, 3.63) is 17.7 Å². The first kappa shape index (κ1) is 17.5. The molecular formula is C16H23FN6O2. The van der Waals surface area contributed by atoms with E-state index in [1.54, 1.807) is 9.80 Å². The lowest BCUT2D eigenvalue weighted by Crippen LogP contribution is -2.46. The Labute approximate surface area is 146 Å². The Bertz CT molecular complexity index is 648. The smallest absolute Gasteiger partial charge is 0.275 e. The average Bonchev–Trinajstić information content (AvgIpc) is 3.12. The monoisotopic (exact) mass is 350 g/mol. The summed E-state index contributed by atoms with van der Waals surface area (Å²) in [6.45, 7) is 3.41. The Morgan fingerprint density at radius 2 is 2.00 bits per heavy atom. The molecule has 0 radical (unpaired) electrons. The zero-order chi connectivity index (χ0) is 18.0. The van der Waals surface area contributed by atoms with Crippen LogP contribution in [-0.4, -0.2) is 96.4 Å². The predicted octanol–water partition coefficient (Wildman–Crippen LogP) is -0.330. The first-order valence-electron chi connectivity index (χ1n) is 8.42. The molecule has 0 spiro atoms. The zero-order valence-corrected chi connectivity index (χ0v) is 14.6. The summed E-state index contributed by atoms with van der Waals surface area (Å²) >= 11 is 0. The lowest BCUT2D eigenvalue weighted by atomic mass is 10.2. The Hall–Kier alpha value is -2.29. The quantitative estimate of drug-likeness (QED) is 0.693. The van der Waals surface area contributed by atoms with Crippen LogP contribution in [0.3, 0.4) is 0 Å². The average molecular weight is 350 g/mol. The molecule has 2 saturated heterocycles. The van der Waals surface area contributed by atoms with Crippen LogP contribution in [0.2, 0.25) is 0 Å². The van der Waals surface area contributed by atoms with E-state index in [4.69, 9.17) is 0 Å². The highest BCUT2D eigenvalue weighted by Gasteiger charge is 2.31. The van der Waals surface area contributed by atoms with E-state index < -0.39 is 11.7 Å². The Morgan fingerprint density at radius 1 is 1.28 bits per heavy atom. The number of piperazine rings is 1. The Kier molecular flexibility index (Phi) is 5.12. The molecule has 2 aliphatic heterocycles. The van der Waals surface area contributed by atoms with Crippen LogP contribution in [0.5, 0.6) is 0 Å². The van der Waals surface area contributed by atoms with E-state index in [1.165, 1.54) is 0 Å². The molecule has 0 saturated carbocycles. The molecule has 0 unspecified atom stereocenters. The van der Waals surface area contributed by atoms with Gasteiger partial charge in [-0.15, -0.1) is 0 Å². The largest absolute Gasteiger partial charge is 0.342 e. The molecule has 1 aromatic heterocycles. The minimum atomic E-state index is -0.700. The molecule has 136 valence electrons. The number of nitrogens with zero attached hydrogens (tertiary/aromatic N) is 6. The van der Waals surface area contributed by atoms with E-state index in [2.05, 4.69) is 14.9 Å². The minimum Gasteiger partial charge on any atom is -0.342 e. The molecule has 1 atom stereocenters. The summed E-state index contributed by atoms with van der Waals surface area (Å²) in [7, 11) is 3.95. The van der Waals surface area contributed by atoms with Crippen LogP contribution in [0, 0.1) is 5.82 Å². The summed E-state index contributed by atoms with van der Waals surface area (Å²) in [5.74, 6) is -0.760. The molecule has 2 fully saturated rings. The van der Waals surface area contributed by atoms with Gasteiger partial charge in [-0.05, 0) is 20.5 Å². The second-order valence-electron chi connectivity index (χ2n) is 6.65. The Balaban J connectivity index is 1.74. The maximum atomic E-state index is 14.2. The third-order valence-electron chi connectivity index (χ3n) is 4.86. The van der Waals surface area contributed by atoms with Gasteiger partial charge in [0.2, 0.25) is 12.4 Å². The third-order valence-corrected chi connectivity index (χ3v) is 4.86. The van der Waals surface area contributed by atoms with Crippen LogP contribution < -0.4 is 4.90 Å². The number of carbonyl (C=O) groups excluding carboxylic acids is 2. The predicted molar refractivity (Wildman–Crippen MR) is 89.8 cm³/mol. The number of anilines is 1. The van der Waals surface area contributed by atoms with Gasteiger partial charge in [-0.1, -0.05) is 0 Å². The maximum Gasteiger partial charge on any atom is 0.275 e. The molecule has 2 aliphatic rings. The number of aromatic nitrogens is 2. The van der Waals surface area contributed by atoms with Crippen LogP contribution in [0.25, 0.3) is 0 Å². The second kappa shape index (κ2) is 7.30. The van der Waals surface area contributed by atoms with E-state index in [1.807, 2.05) is 19.0 Å². The summed E-state index contributed by atoms with van der Waals surface area (Å²) in [4.78, 5) is 38.9. The highest BCUT2D eigenvalue weighted by Crippen LogP contribution is 2.19. The number of rotatable bonds is 4. The van der Waals surface area contributed by atoms with Crippen molar-refractivity contribution >= 4 is 18.3 Å². The van der Waals surface area contributed by atoms with Gasteiger partial charge < -0.3 is 19.6 Å². The highest BCUT2D eigenvalue weighted by atomic mass is 19.1.